The van der Waals surface area contributed by atoms with Crippen LogP contribution in [0.25, 0.3) is 10.2 Å². The zero-order valence-corrected chi connectivity index (χ0v) is 20.1. The minimum absolute atomic E-state index is 0.288. The third kappa shape index (κ3) is 4.14. The minimum atomic E-state index is 0.288. The first-order valence-corrected chi connectivity index (χ1v) is 13.5. The average Bonchev–Trinajstić information content (AvgIpc) is 3.20. The van der Waals surface area contributed by atoms with Crippen LogP contribution in [0.4, 0.5) is 5.82 Å². The molecular weight excluding hydrogens is 428 g/mol. The largest absolute Gasteiger partial charge is 0.352 e. The van der Waals surface area contributed by atoms with Gasteiger partial charge in [0.05, 0.1) is 5.39 Å². The van der Waals surface area contributed by atoms with Crippen LogP contribution in [0.1, 0.15) is 53.9 Å². The first-order valence-electron chi connectivity index (χ1n) is 12.6. The van der Waals surface area contributed by atoms with Crippen LogP contribution in [0.15, 0.2) is 30.3 Å². The zero-order valence-electron chi connectivity index (χ0n) is 19.3. The van der Waals surface area contributed by atoms with E-state index >= 15 is 0 Å². The van der Waals surface area contributed by atoms with E-state index in [0.717, 1.165) is 69.9 Å². The monoisotopic (exact) mass is 460 g/mol. The molecule has 3 aliphatic rings. The van der Waals surface area contributed by atoms with Crippen LogP contribution in [0.5, 0.6) is 0 Å². The molecule has 0 bridgehead atoms. The second-order valence-electron chi connectivity index (χ2n) is 9.78. The topological polar surface area (TPSA) is 49.3 Å². The second kappa shape index (κ2) is 9.05. The average molecular weight is 461 g/mol. The van der Waals surface area contributed by atoms with Gasteiger partial charge in [0, 0.05) is 43.4 Å². The van der Waals surface area contributed by atoms with Gasteiger partial charge in [-0.3, -0.25) is 4.79 Å². The maximum absolute atomic E-state index is 12.7. The van der Waals surface area contributed by atoms with E-state index in [9.17, 15) is 4.79 Å². The Morgan fingerprint density at radius 3 is 2.48 bits per heavy atom. The normalized spacial score (nSPS) is 18.9. The van der Waals surface area contributed by atoms with E-state index in [4.69, 9.17) is 9.97 Å². The van der Waals surface area contributed by atoms with Crippen molar-refractivity contribution in [2.24, 2.45) is 5.92 Å². The molecule has 1 saturated carbocycles. The molecule has 0 atom stereocenters. The van der Waals surface area contributed by atoms with Crippen LogP contribution >= 0.6 is 11.3 Å². The summed E-state index contributed by atoms with van der Waals surface area (Å²) in [5, 5.41) is 1.30. The van der Waals surface area contributed by atoms with Crippen LogP contribution < -0.4 is 4.90 Å². The molecule has 1 aromatic carbocycles. The van der Waals surface area contributed by atoms with Crippen molar-refractivity contribution in [3.63, 3.8) is 0 Å². The molecule has 172 valence electrons. The Balaban J connectivity index is 1.28. The summed E-state index contributed by atoms with van der Waals surface area (Å²) < 4.78 is 0. The molecule has 2 aliphatic carbocycles. The molecule has 6 heteroatoms. The number of carbonyl (C=O) groups is 1. The number of thiophene rings is 1. The van der Waals surface area contributed by atoms with E-state index < -0.39 is 0 Å². The molecule has 2 fully saturated rings. The molecule has 6 rings (SSSR count). The molecule has 0 radical (unpaired) electrons. The summed E-state index contributed by atoms with van der Waals surface area (Å²) in [6.07, 6.45) is 10.1. The molecule has 0 N–H and O–H groups in total. The van der Waals surface area contributed by atoms with E-state index in [-0.39, 0.29) is 5.92 Å². The van der Waals surface area contributed by atoms with Gasteiger partial charge >= 0.3 is 0 Å². The van der Waals surface area contributed by atoms with Crippen molar-refractivity contribution >= 4 is 33.3 Å². The van der Waals surface area contributed by atoms with Crippen molar-refractivity contribution in [1.82, 2.24) is 14.9 Å². The number of piperazine rings is 1. The van der Waals surface area contributed by atoms with Gasteiger partial charge in [0.2, 0.25) is 5.91 Å². The Bertz CT molecular complexity index is 1150. The third-order valence-corrected chi connectivity index (χ3v) is 8.85. The molecule has 3 aromatic rings. The fourth-order valence-electron chi connectivity index (χ4n) is 5.47. The van der Waals surface area contributed by atoms with E-state index in [1.54, 1.807) is 0 Å². The van der Waals surface area contributed by atoms with Gasteiger partial charge in [0.25, 0.3) is 0 Å². The highest BCUT2D eigenvalue weighted by molar-refractivity contribution is 7.19. The van der Waals surface area contributed by atoms with Crippen molar-refractivity contribution in [2.75, 3.05) is 31.1 Å². The quantitative estimate of drug-likeness (QED) is 0.549. The van der Waals surface area contributed by atoms with Gasteiger partial charge in [-0.25, -0.2) is 9.97 Å². The van der Waals surface area contributed by atoms with E-state index in [1.165, 1.54) is 51.9 Å². The molecular formula is C27H32N4OS. The van der Waals surface area contributed by atoms with Gasteiger partial charge in [-0.2, -0.15) is 0 Å². The van der Waals surface area contributed by atoms with Gasteiger partial charge in [-0.05, 0) is 56.1 Å². The molecule has 2 aromatic heterocycles. The number of fused-ring (bicyclic) bond motifs is 3. The van der Waals surface area contributed by atoms with E-state index in [2.05, 4.69) is 40.1 Å². The molecule has 0 unspecified atom stereocenters. The summed E-state index contributed by atoms with van der Waals surface area (Å²) in [5.41, 5.74) is 2.83. The number of hydrogen-bond donors (Lipinski definition) is 0. The van der Waals surface area contributed by atoms with E-state index in [0.29, 0.717) is 5.91 Å². The number of nitrogens with zero attached hydrogens (tertiary/aromatic N) is 4. The summed E-state index contributed by atoms with van der Waals surface area (Å²) in [5.74, 6) is 2.74. The van der Waals surface area contributed by atoms with Crippen molar-refractivity contribution < 1.29 is 4.79 Å². The first-order chi connectivity index (χ1) is 16.3. The number of amides is 1. The molecule has 33 heavy (non-hydrogen) atoms. The van der Waals surface area contributed by atoms with Crippen LogP contribution in [0.2, 0.25) is 0 Å². The lowest BCUT2D eigenvalue weighted by Crippen LogP contribution is -2.51. The summed E-state index contributed by atoms with van der Waals surface area (Å²) in [6.45, 7) is 3.36. The summed E-state index contributed by atoms with van der Waals surface area (Å²) in [4.78, 5) is 30.2. The maximum Gasteiger partial charge on any atom is 0.225 e. The van der Waals surface area contributed by atoms with Crippen LogP contribution in [0.3, 0.4) is 0 Å². The SMILES string of the molecule is O=C(C1CCC1)N1CCN(c2nc(CCc3ccccc3)nc3sc4c(c23)CCCC4)CC1. The van der Waals surface area contributed by atoms with Crippen molar-refractivity contribution in [1.29, 1.82) is 0 Å². The van der Waals surface area contributed by atoms with Gasteiger partial charge < -0.3 is 9.80 Å². The fourth-order valence-corrected chi connectivity index (χ4v) is 6.75. The summed E-state index contributed by atoms with van der Waals surface area (Å²) in [7, 11) is 0. The lowest BCUT2D eigenvalue weighted by atomic mass is 9.84. The Hall–Kier alpha value is -2.47. The first kappa shape index (κ1) is 21.1. The fraction of sp³-hybridized carbons (Fsp3) is 0.519. The smallest absolute Gasteiger partial charge is 0.225 e. The number of anilines is 1. The Labute approximate surface area is 199 Å². The number of aryl methyl sites for hydroxylation is 4. The van der Waals surface area contributed by atoms with Crippen LogP contribution in [0, 0.1) is 5.92 Å². The molecule has 1 aliphatic heterocycles. The minimum Gasteiger partial charge on any atom is -0.352 e. The Kier molecular flexibility index (Phi) is 5.78. The molecule has 1 saturated heterocycles. The summed E-state index contributed by atoms with van der Waals surface area (Å²) >= 11 is 1.89. The highest BCUT2D eigenvalue weighted by atomic mass is 32.1. The van der Waals surface area contributed by atoms with Gasteiger partial charge in [0.1, 0.15) is 16.5 Å². The van der Waals surface area contributed by atoms with Crippen LogP contribution in [-0.4, -0.2) is 47.0 Å². The molecule has 5 nitrogen and oxygen atoms in total. The van der Waals surface area contributed by atoms with Crippen molar-refractivity contribution in [3.05, 3.63) is 52.2 Å². The Morgan fingerprint density at radius 1 is 0.939 bits per heavy atom. The predicted octanol–water partition coefficient (Wildman–Crippen LogP) is 4.80. The van der Waals surface area contributed by atoms with E-state index in [1.807, 2.05) is 11.3 Å². The van der Waals surface area contributed by atoms with Gasteiger partial charge in [-0.1, -0.05) is 36.8 Å². The zero-order chi connectivity index (χ0) is 22.2. The maximum atomic E-state index is 12.7. The number of aromatic nitrogens is 2. The lowest BCUT2D eigenvalue weighted by Gasteiger charge is -2.39. The van der Waals surface area contributed by atoms with Crippen molar-refractivity contribution in [2.45, 2.75) is 57.8 Å². The Morgan fingerprint density at radius 2 is 1.73 bits per heavy atom. The second-order valence-corrected chi connectivity index (χ2v) is 10.9. The summed E-state index contributed by atoms with van der Waals surface area (Å²) in [6, 6.07) is 10.6. The molecule has 0 spiro atoms. The molecule has 3 heterocycles. The predicted molar refractivity (Wildman–Crippen MR) is 134 cm³/mol. The number of hydrogen-bond acceptors (Lipinski definition) is 5. The standard InChI is InChI=1S/C27H32N4OS/c32-27(20-9-6-10-20)31-17-15-30(16-18-31)25-24-21-11-4-5-12-22(21)33-26(24)29-23(28-25)14-13-19-7-2-1-3-8-19/h1-3,7-8,20H,4-6,9-18H2. The van der Waals surface area contributed by atoms with Gasteiger partial charge in [0.15, 0.2) is 0 Å². The number of rotatable bonds is 5. The highest BCUT2D eigenvalue weighted by Crippen LogP contribution is 2.40. The van der Waals surface area contributed by atoms with Crippen molar-refractivity contribution in [3.8, 4) is 0 Å². The third-order valence-electron chi connectivity index (χ3n) is 7.67. The lowest BCUT2D eigenvalue weighted by molar-refractivity contribution is -0.138. The molecule has 1 amide bonds. The van der Waals surface area contributed by atoms with Crippen LogP contribution in [-0.2, 0) is 30.5 Å². The number of carbonyl (C=O) groups excluding carboxylic acids is 1. The number of benzene rings is 1. The highest BCUT2D eigenvalue weighted by Gasteiger charge is 2.32. The van der Waals surface area contributed by atoms with Gasteiger partial charge in [-0.15, -0.1) is 11.3 Å².